The molecule has 2 N–H and O–H groups in total. The number of nitrogens with one attached hydrogen (secondary N) is 2. The number of hydrogen-bond donors (Lipinski definition) is 2. The Morgan fingerprint density at radius 3 is 2.21 bits per heavy atom. The Balaban J connectivity index is 1.60. The van der Waals surface area contributed by atoms with Crippen LogP contribution in [0, 0.1) is 0 Å². The number of carbonyl (C=O) groups is 4. The molecule has 0 radical (unpaired) electrons. The first kappa shape index (κ1) is 28.1. The van der Waals surface area contributed by atoms with E-state index in [0.717, 1.165) is 12.1 Å². The van der Waals surface area contributed by atoms with Crippen LogP contribution < -0.4 is 10.6 Å². The molecule has 38 heavy (non-hydrogen) atoms. The summed E-state index contributed by atoms with van der Waals surface area (Å²) in [5.74, 6) is -7.07. The van der Waals surface area contributed by atoms with Crippen LogP contribution >= 0.6 is 11.6 Å². The highest BCUT2D eigenvalue weighted by atomic mass is 35.5. The minimum absolute atomic E-state index is 0.0888. The molecule has 0 bridgehead atoms. The van der Waals surface area contributed by atoms with E-state index in [0.29, 0.717) is 16.7 Å². The lowest BCUT2D eigenvalue weighted by Gasteiger charge is -2.51. The van der Waals surface area contributed by atoms with Crippen molar-refractivity contribution in [1.29, 1.82) is 0 Å². The van der Waals surface area contributed by atoms with Crippen molar-refractivity contribution in [3.05, 3.63) is 69.7 Å². The third-order valence-corrected chi connectivity index (χ3v) is 8.56. The van der Waals surface area contributed by atoms with Gasteiger partial charge in [-0.3, -0.25) is 24.5 Å². The molecule has 16 heteroatoms. The Hall–Kier alpha value is -2.94. The zero-order chi connectivity index (χ0) is 28.4. The highest BCUT2D eigenvalue weighted by molar-refractivity contribution is 6.58. The fourth-order valence-corrected chi connectivity index (χ4v) is 5.28. The number of nitrogens with zero attached hydrogens (tertiary/aromatic N) is 1. The molecule has 190 valence electrons. The van der Waals surface area contributed by atoms with E-state index in [9.17, 15) is 28.0 Å². The predicted molar refractivity (Wildman–Crippen MR) is 155 cm³/mol. The summed E-state index contributed by atoms with van der Waals surface area (Å²) >= 11 is 5.78. The molecular weight excluding hydrogens is 509 g/mol. The lowest BCUT2D eigenvalue weighted by Crippen LogP contribution is -2.70. The lowest BCUT2D eigenvalue weighted by molar-refractivity contribution is -0.147. The molecule has 0 aromatic heterocycles. The van der Waals surface area contributed by atoms with Crippen LogP contribution in [0.5, 0.6) is 0 Å². The van der Waals surface area contributed by atoms with Crippen molar-refractivity contribution in [3.8, 4) is 0 Å². The van der Waals surface area contributed by atoms with Gasteiger partial charge in [-0.15, -0.1) is 0 Å². The Kier molecular flexibility index (Phi) is 6.70. The molecule has 1 saturated heterocycles. The third-order valence-electron chi connectivity index (χ3n) is 8.31. The van der Waals surface area contributed by atoms with Gasteiger partial charge in [-0.1, -0.05) is 35.9 Å². The van der Waals surface area contributed by atoms with Gasteiger partial charge in [-0.2, -0.15) is 8.78 Å². The van der Waals surface area contributed by atoms with Gasteiger partial charge in [0.05, 0.1) is 5.44 Å². The Morgan fingerprint density at radius 1 is 1.03 bits per heavy atom. The maximum Gasteiger partial charge on any atom is 0.349 e. The number of imide groups is 1. The number of piperidine rings is 1. The number of alkyl halides is 2. The van der Waals surface area contributed by atoms with E-state index in [-0.39, 0.29) is 17.5 Å². The van der Waals surface area contributed by atoms with Gasteiger partial charge in [0.25, 0.3) is 11.8 Å². The quantitative estimate of drug-likeness (QED) is 0.307. The highest BCUT2D eigenvalue weighted by Crippen LogP contribution is 2.47. The van der Waals surface area contributed by atoms with Crippen molar-refractivity contribution in [3.63, 3.8) is 0 Å². The number of carbonyl (C=O) groups excluding carboxylic acids is 4. The molecule has 2 heterocycles. The van der Waals surface area contributed by atoms with Gasteiger partial charge < -0.3 is 10.2 Å². The Morgan fingerprint density at radius 2 is 1.61 bits per heavy atom. The third kappa shape index (κ3) is 4.28. The second-order valence-corrected chi connectivity index (χ2v) is 11.7. The molecule has 2 atom stereocenters. The number of hydrogen-bond acceptors (Lipinski definition) is 4. The Bertz CT molecular complexity index is 1380. The normalized spacial score (nSPS) is 23.1. The number of benzene rings is 2. The molecule has 0 saturated carbocycles. The van der Waals surface area contributed by atoms with Gasteiger partial charge in [-0.25, -0.2) is 0 Å². The zero-order valence-electron chi connectivity index (χ0n) is 22.0. The first-order chi connectivity index (χ1) is 17.4. The molecule has 1 fully saturated rings. The maximum atomic E-state index is 14.9. The number of rotatable bonds is 5. The predicted octanol–water partition coefficient (Wildman–Crippen LogP) is -3.63. The molecule has 2 aromatic rings. The standard InChI is InChI=1S/C22H24B6ClF2N3O4/c23-15-19(24,25)16(36)32-17(37)20(15,26)34-8-9-7-11(3-6-13(9)14(34)35)22(27,28)33-18(38)21(30,31)10-1-4-12(29)5-2-10/h1-7,15H,8,23-28H2,(H,33,38)(H,32,36,37)/t15?,20-/m1/s1. The van der Waals surface area contributed by atoms with Crippen molar-refractivity contribution < 1.29 is 28.0 Å². The highest BCUT2D eigenvalue weighted by Gasteiger charge is 2.58. The Labute approximate surface area is 229 Å². The molecule has 4 rings (SSSR count). The summed E-state index contributed by atoms with van der Waals surface area (Å²) in [6.45, 7) is 0.0888. The van der Waals surface area contributed by atoms with E-state index in [2.05, 4.69) is 10.6 Å². The van der Waals surface area contributed by atoms with Gasteiger partial charge in [0, 0.05) is 28.0 Å². The van der Waals surface area contributed by atoms with Gasteiger partial charge in [-0.05, 0) is 40.4 Å². The molecule has 0 spiro atoms. The summed E-state index contributed by atoms with van der Waals surface area (Å²) in [7, 11) is 10.1. The van der Waals surface area contributed by atoms with E-state index in [1.165, 1.54) is 17.0 Å². The monoisotopic (exact) mass is 533 g/mol. The van der Waals surface area contributed by atoms with E-state index in [1.807, 2.05) is 0 Å². The summed E-state index contributed by atoms with van der Waals surface area (Å²) in [5.41, 5.74) is -0.306. The molecule has 0 aliphatic carbocycles. The molecule has 2 aromatic carbocycles. The number of fused-ring (bicyclic) bond motifs is 1. The van der Waals surface area contributed by atoms with Gasteiger partial charge in [0.15, 0.2) is 0 Å². The second kappa shape index (κ2) is 9.07. The summed E-state index contributed by atoms with van der Waals surface area (Å²) in [6, 6.07) is 9.63. The minimum atomic E-state index is -3.80. The van der Waals surface area contributed by atoms with Crippen LogP contribution in [-0.2, 0) is 32.2 Å². The molecule has 4 amide bonds. The van der Waals surface area contributed by atoms with Crippen LogP contribution in [0.25, 0.3) is 0 Å². The van der Waals surface area contributed by atoms with Crippen molar-refractivity contribution >= 4 is 82.3 Å². The lowest BCUT2D eigenvalue weighted by atomic mass is 9.35. The molecule has 2 aliphatic rings. The van der Waals surface area contributed by atoms with Crippen LogP contribution in [0.2, 0.25) is 16.1 Å². The minimum Gasteiger partial charge on any atom is -0.357 e. The van der Waals surface area contributed by atoms with Gasteiger partial charge >= 0.3 is 5.92 Å². The van der Waals surface area contributed by atoms with Crippen LogP contribution in [-0.4, -0.2) is 81.0 Å². The molecular formula is C22H24B6ClF2N3O4. The van der Waals surface area contributed by atoms with E-state index in [1.54, 1.807) is 65.3 Å². The maximum absolute atomic E-state index is 14.9. The summed E-state index contributed by atoms with van der Waals surface area (Å²) in [4.78, 5) is 53.0. The van der Waals surface area contributed by atoms with Crippen molar-refractivity contribution in [2.45, 2.75) is 34.3 Å². The molecule has 7 nitrogen and oxygen atoms in total. The second-order valence-electron chi connectivity index (χ2n) is 11.3. The first-order valence-corrected chi connectivity index (χ1v) is 12.6. The number of halogens is 3. The molecule has 2 aliphatic heterocycles. The van der Waals surface area contributed by atoms with Crippen LogP contribution in [0.3, 0.4) is 0 Å². The van der Waals surface area contributed by atoms with Gasteiger partial charge in [0.1, 0.15) is 47.1 Å². The SMILES string of the molecule is BC1C(B)(B)C(=O)NC(=O)[C@]1(B)N1Cc2cc(C(B)(B)NC(=O)C(F)(F)c3ccc(Cl)cc3)ccc2C1=O. The summed E-state index contributed by atoms with van der Waals surface area (Å²) < 4.78 is 29.8. The summed E-state index contributed by atoms with van der Waals surface area (Å²) in [6.07, 6.45) is 0. The van der Waals surface area contributed by atoms with Crippen molar-refractivity contribution in [1.82, 2.24) is 15.5 Å². The zero-order valence-corrected chi connectivity index (χ0v) is 22.8. The fraction of sp³-hybridized carbons (Fsp3) is 0.273. The van der Waals surface area contributed by atoms with Crippen LogP contribution in [0.1, 0.15) is 27.0 Å². The van der Waals surface area contributed by atoms with Crippen LogP contribution in [0.4, 0.5) is 8.78 Å². The average Bonchev–Trinajstić information content (AvgIpc) is 3.18. The number of amides is 4. The van der Waals surface area contributed by atoms with E-state index in [4.69, 9.17) is 11.6 Å². The van der Waals surface area contributed by atoms with E-state index >= 15 is 0 Å². The smallest absolute Gasteiger partial charge is 0.349 e. The first-order valence-electron chi connectivity index (χ1n) is 12.2. The van der Waals surface area contributed by atoms with Crippen LogP contribution in [0.15, 0.2) is 42.5 Å². The van der Waals surface area contributed by atoms with E-state index < -0.39 is 51.0 Å². The topological polar surface area (TPSA) is 95.6 Å². The van der Waals surface area contributed by atoms with Crippen molar-refractivity contribution in [2.24, 2.45) is 0 Å². The summed E-state index contributed by atoms with van der Waals surface area (Å²) in [5, 5.41) is 2.98. The van der Waals surface area contributed by atoms with Gasteiger partial charge in [0.2, 0.25) is 11.8 Å². The largest absolute Gasteiger partial charge is 0.357 e. The molecule has 1 unspecified atom stereocenters. The fourth-order valence-electron chi connectivity index (χ4n) is 5.15. The average molecular weight is 533 g/mol. The van der Waals surface area contributed by atoms with Crippen molar-refractivity contribution in [2.75, 3.05) is 0 Å².